The first-order chi connectivity index (χ1) is 11.3. The molecule has 2 heterocycles. The van der Waals surface area contributed by atoms with Gasteiger partial charge in [-0.1, -0.05) is 0 Å². The molecule has 0 spiro atoms. The molecular weight excluding hydrogens is 288 g/mol. The number of rotatable bonds is 3. The molecule has 2 aliphatic rings. The van der Waals surface area contributed by atoms with Crippen molar-refractivity contribution in [3.8, 4) is 5.75 Å². The lowest BCUT2D eigenvalue weighted by molar-refractivity contribution is 0.415. The summed E-state index contributed by atoms with van der Waals surface area (Å²) in [6.07, 6.45) is 4.71. The largest absolute Gasteiger partial charge is 0.497 e. The summed E-state index contributed by atoms with van der Waals surface area (Å²) in [6.45, 7) is 6.44. The average molecular weight is 314 g/mol. The van der Waals surface area contributed by atoms with Crippen molar-refractivity contribution in [3.63, 3.8) is 0 Å². The molecule has 0 aromatic heterocycles. The molecule has 0 unspecified atom stereocenters. The van der Waals surface area contributed by atoms with Gasteiger partial charge in [0.25, 0.3) is 0 Å². The van der Waals surface area contributed by atoms with Crippen molar-refractivity contribution < 1.29 is 4.74 Å². The molecule has 2 fully saturated rings. The van der Waals surface area contributed by atoms with E-state index in [1.54, 1.807) is 7.11 Å². The minimum absolute atomic E-state index is 0.853. The SMILES string of the molecule is CCN1CCCC1=NC(=Nc1ccc(OC)cc1)N1CCCC1. The van der Waals surface area contributed by atoms with E-state index in [2.05, 4.69) is 16.7 Å². The Morgan fingerprint density at radius 1 is 1.09 bits per heavy atom. The van der Waals surface area contributed by atoms with Crippen molar-refractivity contribution in [1.29, 1.82) is 0 Å². The maximum absolute atomic E-state index is 5.22. The Morgan fingerprint density at radius 2 is 1.83 bits per heavy atom. The topological polar surface area (TPSA) is 40.4 Å². The molecule has 0 saturated carbocycles. The van der Waals surface area contributed by atoms with Crippen molar-refractivity contribution in [3.05, 3.63) is 24.3 Å². The predicted molar refractivity (Wildman–Crippen MR) is 94.8 cm³/mol. The predicted octanol–water partition coefficient (Wildman–Crippen LogP) is 3.29. The second kappa shape index (κ2) is 7.49. The van der Waals surface area contributed by atoms with Gasteiger partial charge in [0.15, 0.2) is 0 Å². The summed E-state index contributed by atoms with van der Waals surface area (Å²) in [5.41, 5.74) is 0.929. The smallest absolute Gasteiger partial charge is 0.227 e. The first kappa shape index (κ1) is 15.8. The molecule has 1 aromatic carbocycles. The molecule has 5 heteroatoms. The van der Waals surface area contributed by atoms with Gasteiger partial charge < -0.3 is 14.5 Å². The summed E-state index contributed by atoms with van der Waals surface area (Å²) in [5.74, 6) is 2.90. The van der Waals surface area contributed by atoms with Crippen LogP contribution in [-0.2, 0) is 0 Å². The molecule has 0 aliphatic carbocycles. The van der Waals surface area contributed by atoms with Crippen molar-refractivity contribution in [2.45, 2.75) is 32.6 Å². The van der Waals surface area contributed by atoms with Crippen molar-refractivity contribution >= 4 is 17.5 Å². The van der Waals surface area contributed by atoms with Gasteiger partial charge in [0.1, 0.15) is 11.6 Å². The normalized spacial score (nSPS) is 20.6. The molecule has 124 valence electrons. The second-order valence-electron chi connectivity index (χ2n) is 6.02. The molecule has 3 rings (SSSR count). The zero-order valence-electron chi connectivity index (χ0n) is 14.2. The van der Waals surface area contributed by atoms with Crippen LogP contribution in [0.3, 0.4) is 0 Å². The minimum Gasteiger partial charge on any atom is -0.497 e. The Bertz CT molecular complexity index is 573. The number of ether oxygens (including phenoxy) is 1. The molecule has 0 amide bonds. The number of hydrogen-bond donors (Lipinski definition) is 0. The number of aliphatic imine (C=N–C) groups is 2. The Labute approximate surface area is 138 Å². The summed E-state index contributed by atoms with van der Waals surface area (Å²) in [7, 11) is 1.68. The minimum atomic E-state index is 0.853. The second-order valence-corrected chi connectivity index (χ2v) is 6.02. The number of guanidine groups is 1. The highest BCUT2D eigenvalue weighted by atomic mass is 16.5. The third-order valence-corrected chi connectivity index (χ3v) is 4.49. The molecular formula is C18H26N4O. The number of benzene rings is 1. The van der Waals surface area contributed by atoms with Crippen LogP contribution in [0.15, 0.2) is 34.3 Å². The molecule has 0 N–H and O–H groups in total. The molecule has 0 radical (unpaired) electrons. The highest BCUT2D eigenvalue weighted by molar-refractivity contribution is 5.97. The van der Waals surface area contributed by atoms with E-state index in [1.807, 2.05) is 24.3 Å². The molecule has 2 aliphatic heterocycles. The zero-order valence-corrected chi connectivity index (χ0v) is 14.2. The van der Waals surface area contributed by atoms with Gasteiger partial charge in [-0.2, -0.15) is 4.99 Å². The van der Waals surface area contributed by atoms with Gasteiger partial charge in [0.05, 0.1) is 12.8 Å². The van der Waals surface area contributed by atoms with Gasteiger partial charge in [0, 0.05) is 32.6 Å². The van der Waals surface area contributed by atoms with Crippen molar-refractivity contribution in [1.82, 2.24) is 9.80 Å². The van der Waals surface area contributed by atoms with Crippen LogP contribution in [0.5, 0.6) is 5.75 Å². The van der Waals surface area contributed by atoms with Gasteiger partial charge in [0.2, 0.25) is 5.96 Å². The van der Waals surface area contributed by atoms with E-state index in [4.69, 9.17) is 14.7 Å². The van der Waals surface area contributed by atoms with E-state index < -0.39 is 0 Å². The standard InChI is InChI=1S/C18H26N4O/c1-3-21-14-6-7-17(21)20-18(22-12-4-5-13-22)19-15-8-10-16(23-2)11-9-15/h8-11H,3-7,12-14H2,1-2H3. The summed E-state index contributed by atoms with van der Waals surface area (Å²) in [4.78, 5) is 14.4. The number of methoxy groups -OCH3 is 1. The van der Waals surface area contributed by atoms with E-state index in [1.165, 1.54) is 25.1 Å². The number of likely N-dealkylation sites (tertiary alicyclic amines) is 2. The van der Waals surface area contributed by atoms with Crippen LogP contribution in [0.1, 0.15) is 32.6 Å². The molecule has 5 nitrogen and oxygen atoms in total. The summed E-state index contributed by atoms with van der Waals surface area (Å²) >= 11 is 0. The molecule has 23 heavy (non-hydrogen) atoms. The maximum atomic E-state index is 5.22. The van der Waals surface area contributed by atoms with Crippen LogP contribution < -0.4 is 4.74 Å². The van der Waals surface area contributed by atoms with E-state index >= 15 is 0 Å². The van der Waals surface area contributed by atoms with Gasteiger partial charge in [-0.05, 0) is 50.5 Å². The Balaban J connectivity index is 1.88. The summed E-state index contributed by atoms with van der Waals surface area (Å²) < 4.78 is 5.22. The van der Waals surface area contributed by atoms with Gasteiger partial charge in [-0.15, -0.1) is 0 Å². The molecule has 0 bridgehead atoms. The first-order valence-corrected chi connectivity index (χ1v) is 8.60. The third kappa shape index (κ3) is 3.84. The van der Waals surface area contributed by atoms with Crippen LogP contribution in [0, 0.1) is 0 Å². The van der Waals surface area contributed by atoms with E-state index in [-0.39, 0.29) is 0 Å². The highest BCUT2D eigenvalue weighted by Crippen LogP contribution is 2.21. The van der Waals surface area contributed by atoms with Crippen LogP contribution >= 0.6 is 0 Å². The Morgan fingerprint density at radius 3 is 2.48 bits per heavy atom. The number of nitrogens with zero attached hydrogens (tertiary/aromatic N) is 4. The van der Waals surface area contributed by atoms with E-state index in [9.17, 15) is 0 Å². The summed E-state index contributed by atoms with van der Waals surface area (Å²) in [6, 6.07) is 7.87. The molecule has 1 aromatic rings. The average Bonchev–Trinajstić information content (AvgIpc) is 3.26. The third-order valence-electron chi connectivity index (χ3n) is 4.49. The molecule has 2 saturated heterocycles. The van der Waals surface area contributed by atoms with Gasteiger partial charge in [-0.3, -0.25) is 0 Å². The van der Waals surface area contributed by atoms with Crippen LogP contribution in [0.25, 0.3) is 0 Å². The fraction of sp³-hybridized carbons (Fsp3) is 0.556. The lowest BCUT2D eigenvalue weighted by Gasteiger charge is -2.20. The fourth-order valence-electron chi connectivity index (χ4n) is 3.15. The quantitative estimate of drug-likeness (QED) is 0.635. The zero-order chi connectivity index (χ0) is 16.1. The first-order valence-electron chi connectivity index (χ1n) is 8.60. The van der Waals surface area contributed by atoms with Gasteiger partial charge in [-0.25, -0.2) is 4.99 Å². The van der Waals surface area contributed by atoms with Crippen LogP contribution in [0.4, 0.5) is 5.69 Å². The Kier molecular flexibility index (Phi) is 5.16. The highest BCUT2D eigenvalue weighted by Gasteiger charge is 2.21. The van der Waals surface area contributed by atoms with E-state index in [0.29, 0.717) is 0 Å². The monoisotopic (exact) mass is 314 g/mol. The van der Waals surface area contributed by atoms with E-state index in [0.717, 1.165) is 50.0 Å². The van der Waals surface area contributed by atoms with Crippen molar-refractivity contribution in [2.75, 3.05) is 33.3 Å². The number of amidine groups is 1. The summed E-state index contributed by atoms with van der Waals surface area (Å²) in [5, 5.41) is 0. The fourth-order valence-corrected chi connectivity index (χ4v) is 3.15. The van der Waals surface area contributed by atoms with Crippen LogP contribution in [-0.4, -0.2) is 54.9 Å². The number of hydrogen-bond acceptors (Lipinski definition) is 2. The van der Waals surface area contributed by atoms with Crippen molar-refractivity contribution in [2.24, 2.45) is 9.98 Å². The molecule has 0 atom stereocenters. The van der Waals surface area contributed by atoms with Crippen LogP contribution in [0.2, 0.25) is 0 Å². The Hall–Kier alpha value is -2.04. The van der Waals surface area contributed by atoms with Gasteiger partial charge >= 0.3 is 0 Å². The lowest BCUT2D eigenvalue weighted by Crippen LogP contribution is -2.31. The maximum Gasteiger partial charge on any atom is 0.227 e. The lowest BCUT2D eigenvalue weighted by atomic mass is 10.3.